The van der Waals surface area contributed by atoms with Crippen molar-refractivity contribution < 1.29 is 26.4 Å². The molecule has 0 aliphatic rings. The number of hydrogen-bond acceptors (Lipinski definition) is 7. The second kappa shape index (κ2) is 12.8. The molecule has 13 heteroatoms. The lowest BCUT2D eigenvalue weighted by molar-refractivity contribution is 0.0996. The first kappa shape index (κ1) is 31.1. The van der Waals surface area contributed by atoms with Gasteiger partial charge in [-0.3, -0.25) is 4.79 Å². The minimum atomic E-state index is -3.90. The van der Waals surface area contributed by atoms with E-state index >= 15 is 0 Å². The summed E-state index contributed by atoms with van der Waals surface area (Å²) < 4.78 is 59.6. The molecule has 0 saturated carbocycles. The van der Waals surface area contributed by atoms with Gasteiger partial charge < -0.3 is 9.30 Å². The van der Waals surface area contributed by atoms with Crippen LogP contribution in [0, 0.1) is 11.8 Å². The highest BCUT2D eigenvalue weighted by Gasteiger charge is 2.26. The van der Waals surface area contributed by atoms with Crippen LogP contribution < -0.4 is 9.94 Å². The number of ether oxygens (including phenoxy) is 1. The summed E-state index contributed by atoms with van der Waals surface area (Å²) in [5.41, 5.74) is 0.919. The van der Waals surface area contributed by atoms with Crippen molar-refractivity contribution in [2.45, 2.75) is 51.0 Å². The van der Waals surface area contributed by atoms with Gasteiger partial charge in [0.15, 0.2) is 4.80 Å². The number of benzene rings is 2. The number of amides is 1. The van der Waals surface area contributed by atoms with Crippen molar-refractivity contribution in [2.24, 2.45) is 22.0 Å². The molecular formula is C26H36N4O6S3. The zero-order valence-corrected chi connectivity index (χ0v) is 25.3. The van der Waals surface area contributed by atoms with E-state index in [9.17, 15) is 21.6 Å². The largest absolute Gasteiger partial charge is 0.380 e. The quantitative estimate of drug-likeness (QED) is 0.318. The summed E-state index contributed by atoms with van der Waals surface area (Å²) in [5.74, 6) is -0.228. The molecule has 0 bridgehead atoms. The monoisotopic (exact) mass is 596 g/mol. The highest BCUT2D eigenvalue weighted by Crippen LogP contribution is 2.22. The minimum absolute atomic E-state index is 0.0353. The van der Waals surface area contributed by atoms with E-state index in [0.717, 1.165) is 11.3 Å². The minimum Gasteiger partial charge on any atom is -0.380 e. The summed E-state index contributed by atoms with van der Waals surface area (Å²) in [6.07, 6.45) is 0. The van der Waals surface area contributed by atoms with E-state index in [2.05, 4.69) is 4.99 Å². The molecule has 0 spiro atoms. The van der Waals surface area contributed by atoms with Crippen LogP contribution >= 0.6 is 11.3 Å². The SMILES string of the molecule is CCOCCn1c(=NC(=O)c2ccc(S(=O)(=O)N(CC(C)C)CC(C)C)cc2)sc2cc(S(N)(=O)=O)ccc21. The molecule has 3 aromatic rings. The average Bonchev–Trinajstić information content (AvgIpc) is 3.19. The highest BCUT2D eigenvalue weighted by molar-refractivity contribution is 7.89. The number of aromatic nitrogens is 1. The number of nitrogens with two attached hydrogens (primary N) is 1. The molecule has 1 aromatic heterocycles. The summed E-state index contributed by atoms with van der Waals surface area (Å²) in [6.45, 7) is 11.8. The summed E-state index contributed by atoms with van der Waals surface area (Å²) in [4.78, 5) is 17.8. The lowest BCUT2D eigenvalue weighted by Gasteiger charge is -2.25. The van der Waals surface area contributed by atoms with Gasteiger partial charge in [-0.2, -0.15) is 9.30 Å². The van der Waals surface area contributed by atoms with Crippen LogP contribution in [-0.4, -0.2) is 57.9 Å². The van der Waals surface area contributed by atoms with Gasteiger partial charge >= 0.3 is 0 Å². The molecule has 0 atom stereocenters. The van der Waals surface area contributed by atoms with E-state index in [0.29, 0.717) is 47.9 Å². The van der Waals surface area contributed by atoms with Crippen LogP contribution in [0.25, 0.3) is 10.2 Å². The number of rotatable bonds is 12. The number of primary sulfonamides is 1. The molecule has 1 amide bonds. The Morgan fingerprint density at radius 2 is 1.59 bits per heavy atom. The molecule has 0 aliphatic carbocycles. The third-order valence-electron chi connectivity index (χ3n) is 5.72. The summed E-state index contributed by atoms with van der Waals surface area (Å²) >= 11 is 1.16. The normalized spacial score (nSPS) is 13.3. The van der Waals surface area contributed by atoms with Crippen LogP contribution in [-0.2, 0) is 31.3 Å². The number of fused-ring (bicyclic) bond motifs is 1. The molecule has 39 heavy (non-hydrogen) atoms. The van der Waals surface area contributed by atoms with Gasteiger partial charge in [-0.25, -0.2) is 22.0 Å². The van der Waals surface area contributed by atoms with E-state index in [-0.39, 0.29) is 27.2 Å². The summed E-state index contributed by atoms with van der Waals surface area (Å²) in [5, 5.41) is 5.28. The molecule has 2 N–H and O–H groups in total. The molecule has 0 aliphatic heterocycles. The van der Waals surface area contributed by atoms with Crippen LogP contribution in [0.4, 0.5) is 0 Å². The third kappa shape index (κ3) is 7.83. The molecule has 0 fully saturated rings. The maximum Gasteiger partial charge on any atom is 0.279 e. The van der Waals surface area contributed by atoms with E-state index in [1.165, 1.54) is 40.7 Å². The Balaban J connectivity index is 1.99. The fraction of sp³-hybridized carbons (Fsp3) is 0.462. The van der Waals surface area contributed by atoms with Gasteiger partial charge in [-0.1, -0.05) is 39.0 Å². The second-order valence-corrected chi connectivity index (χ2v) is 14.5. The number of hydrogen-bond donors (Lipinski definition) is 1. The maximum atomic E-state index is 13.3. The Morgan fingerprint density at radius 3 is 2.13 bits per heavy atom. The number of sulfonamides is 2. The Labute approximate surface area is 234 Å². The van der Waals surface area contributed by atoms with Crippen molar-refractivity contribution in [3.63, 3.8) is 0 Å². The number of carbonyl (C=O) groups is 1. The lowest BCUT2D eigenvalue weighted by Crippen LogP contribution is -2.37. The van der Waals surface area contributed by atoms with Gasteiger partial charge in [0.1, 0.15) is 0 Å². The zero-order valence-electron chi connectivity index (χ0n) is 22.8. The first-order chi connectivity index (χ1) is 18.2. The van der Waals surface area contributed by atoms with Crippen molar-refractivity contribution in [3.05, 3.63) is 52.8 Å². The summed E-state index contributed by atoms with van der Waals surface area (Å²) in [7, 11) is -7.63. The lowest BCUT2D eigenvalue weighted by atomic mass is 10.2. The topological polar surface area (TPSA) is 141 Å². The molecule has 10 nitrogen and oxygen atoms in total. The van der Waals surface area contributed by atoms with Crippen LogP contribution in [0.2, 0.25) is 0 Å². The van der Waals surface area contributed by atoms with Crippen LogP contribution in [0.3, 0.4) is 0 Å². The standard InChI is InChI=1S/C26H36N4O6S3/c1-6-36-14-13-30-23-12-11-22(38(27,32)33)15-24(23)37-26(30)28-25(31)20-7-9-21(10-8-20)39(34,35)29(16-18(2)3)17-19(4)5/h7-12,15,18-19H,6,13-14,16-17H2,1-5H3,(H2,27,32,33). The van der Waals surface area contributed by atoms with Crippen molar-refractivity contribution in [3.8, 4) is 0 Å². The summed E-state index contributed by atoms with van der Waals surface area (Å²) in [6, 6.07) is 10.3. The van der Waals surface area contributed by atoms with Gasteiger partial charge in [0.25, 0.3) is 5.91 Å². The first-order valence-corrected chi connectivity index (χ1v) is 16.5. The molecule has 214 valence electrons. The van der Waals surface area contributed by atoms with Crippen molar-refractivity contribution in [2.75, 3.05) is 26.3 Å². The molecule has 0 unspecified atom stereocenters. The number of nitrogens with zero attached hydrogens (tertiary/aromatic N) is 3. The Hall–Kier alpha value is -2.42. The van der Waals surface area contributed by atoms with Crippen LogP contribution in [0.15, 0.2) is 57.2 Å². The Bertz CT molecular complexity index is 1580. The molecule has 1 heterocycles. The highest BCUT2D eigenvalue weighted by atomic mass is 32.2. The van der Waals surface area contributed by atoms with Crippen molar-refractivity contribution in [1.82, 2.24) is 8.87 Å². The van der Waals surface area contributed by atoms with Gasteiger partial charge in [-0.05, 0) is 61.2 Å². The van der Waals surface area contributed by atoms with E-state index in [1.807, 2.05) is 34.6 Å². The molecular weight excluding hydrogens is 561 g/mol. The van der Waals surface area contributed by atoms with Crippen molar-refractivity contribution >= 4 is 47.5 Å². The van der Waals surface area contributed by atoms with Crippen molar-refractivity contribution in [1.29, 1.82) is 0 Å². The Morgan fingerprint density at radius 1 is 1.00 bits per heavy atom. The average molecular weight is 597 g/mol. The molecule has 0 radical (unpaired) electrons. The maximum absolute atomic E-state index is 13.3. The molecule has 2 aromatic carbocycles. The predicted octanol–water partition coefficient (Wildman–Crippen LogP) is 3.43. The fourth-order valence-corrected chi connectivity index (χ4v) is 7.46. The molecule has 3 rings (SSSR count). The van der Waals surface area contributed by atoms with E-state index in [1.54, 1.807) is 10.6 Å². The van der Waals surface area contributed by atoms with Gasteiger partial charge in [0.2, 0.25) is 20.0 Å². The predicted molar refractivity (Wildman–Crippen MR) is 152 cm³/mol. The Kier molecular flexibility index (Phi) is 10.2. The van der Waals surface area contributed by atoms with Crippen LogP contribution in [0.1, 0.15) is 45.0 Å². The van der Waals surface area contributed by atoms with E-state index in [4.69, 9.17) is 9.88 Å². The van der Waals surface area contributed by atoms with E-state index < -0.39 is 26.0 Å². The van der Waals surface area contributed by atoms with Crippen LogP contribution in [0.5, 0.6) is 0 Å². The number of thiazole rings is 1. The number of carbonyl (C=O) groups excluding carboxylic acids is 1. The van der Waals surface area contributed by atoms with Gasteiger partial charge in [-0.15, -0.1) is 0 Å². The van der Waals surface area contributed by atoms with Gasteiger partial charge in [0.05, 0.1) is 26.6 Å². The zero-order chi connectivity index (χ0) is 29.0. The van der Waals surface area contributed by atoms with Gasteiger partial charge in [0, 0.05) is 31.8 Å². The smallest absolute Gasteiger partial charge is 0.279 e. The second-order valence-electron chi connectivity index (χ2n) is 9.96. The first-order valence-electron chi connectivity index (χ1n) is 12.7. The molecule has 0 saturated heterocycles. The fourth-order valence-electron chi connectivity index (χ4n) is 3.99. The third-order valence-corrected chi connectivity index (χ3v) is 9.52.